The molecule has 1 aliphatic heterocycles. The van der Waals surface area contributed by atoms with Crippen molar-refractivity contribution in [3.8, 4) is 0 Å². The minimum atomic E-state index is 0.973. The van der Waals surface area contributed by atoms with Gasteiger partial charge in [0.05, 0.1) is 5.69 Å². The molecule has 1 aromatic heterocycles. The zero-order valence-corrected chi connectivity index (χ0v) is 11.3. The number of hydrogen-bond acceptors (Lipinski definition) is 3. The van der Waals surface area contributed by atoms with Crippen LogP contribution in [0.3, 0.4) is 0 Å². The van der Waals surface area contributed by atoms with Crippen molar-refractivity contribution in [3.05, 3.63) is 17.0 Å². The Hall–Kier alpha value is -0.870. The van der Waals surface area contributed by atoms with E-state index in [1.807, 2.05) is 0 Å². The largest absolute Gasteiger partial charge is 0.314 e. The molecule has 1 aliphatic rings. The summed E-state index contributed by atoms with van der Waals surface area (Å²) in [6.45, 7) is 13.2. The monoisotopic (exact) mass is 236 g/mol. The molecule has 17 heavy (non-hydrogen) atoms. The molecule has 1 aromatic rings. The number of aryl methyl sites for hydroxylation is 2. The quantitative estimate of drug-likeness (QED) is 0.845. The first-order valence-corrected chi connectivity index (χ1v) is 6.68. The highest BCUT2D eigenvalue weighted by Crippen LogP contribution is 2.14. The van der Waals surface area contributed by atoms with E-state index in [1.165, 1.54) is 36.6 Å². The fourth-order valence-electron chi connectivity index (χ4n) is 2.61. The molecule has 0 amide bonds. The summed E-state index contributed by atoms with van der Waals surface area (Å²) in [5, 5.41) is 7.97. The van der Waals surface area contributed by atoms with Gasteiger partial charge in [-0.15, -0.1) is 0 Å². The van der Waals surface area contributed by atoms with Crippen molar-refractivity contribution in [2.75, 3.05) is 32.7 Å². The summed E-state index contributed by atoms with van der Waals surface area (Å²) < 4.78 is 2.11. The van der Waals surface area contributed by atoms with Crippen molar-refractivity contribution < 1.29 is 0 Å². The fourth-order valence-corrected chi connectivity index (χ4v) is 2.61. The number of aromatic nitrogens is 2. The van der Waals surface area contributed by atoms with Crippen LogP contribution < -0.4 is 5.32 Å². The first kappa shape index (κ1) is 12.6. The molecule has 4 heteroatoms. The third kappa shape index (κ3) is 2.87. The number of nitrogens with one attached hydrogen (secondary N) is 1. The van der Waals surface area contributed by atoms with Crippen LogP contribution in [-0.2, 0) is 13.0 Å². The third-order valence-electron chi connectivity index (χ3n) is 3.72. The lowest BCUT2D eigenvalue weighted by Gasteiger charge is -2.27. The second-order valence-corrected chi connectivity index (χ2v) is 4.81. The summed E-state index contributed by atoms with van der Waals surface area (Å²) in [5.74, 6) is 0. The van der Waals surface area contributed by atoms with E-state index in [-0.39, 0.29) is 0 Å². The van der Waals surface area contributed by atoms with E-state index in [0.717, 1.165) is 26.1 Å². The minimum absolute atomic E-state index is 0.973. The highest BCUT2D eigenvalue weighted by molar-refractivity contribution is 5.24. The Balaban J connectivity index is 1.95. The van der Waals surface area contributed by atoms with Crippen LogP contribution in [0, 0.1) is 13.8 Å². The molecular weight excluding hydrogens is 212 g/mol. The van der Waals surface area contributed by atoms with Crippen LogP contribution in [-0.4, -0.2) is 47.4 Å². The minimum Gasteiger partial charge on any atom is -0.314 e. The van der Waals surface area contributed by atoms with Crippen molar-refractivity contribution in [3.63, 3.8) is 0 Å². The first-order chi connectivity index (χ1) is 8.22. The molecule has 2 heterocycles. The van der Waals surface area contributed by atoms with Crippen molar-refractivity contribution in [1.82, 2.24) is 20.0 Å². The second-order valence-electron chi connectivity index (χ2n) is 4.81. The van der Waals surface area contributed by atoms with E-state index in [2.05, 4.69) is 40.8 Å². The molecule has 96 valence electrons. The predicted octanol–water partition coefficient (Wildman–Crippen LogP) is 0.968. The molecular formula is C13H24N4. The normalized spacial score (nSPS) is 17.6. The zero-order valence-electron chi connectivity index (χ0n) is 11.3. The van der Waals surface area contributed by atoms with Crippen LogP contribution in [0.15, 0.2) is 0 Å². The lowest BCUT2D eigenvalue weighted by atomic mass is 10.1. The van der Waals surface area contributed by atoms with E-state index in [0.29, 0.717) is 0 Å². The standard InChI is InChI=1S/C13H24N4/c1-4-17-12(3)13(11(2)15-17)5-8-16-9-6-14-7-10-16/h14H,4-10H2,1-3H3. The molecule has 1 N–H and O–H groups in total. The maximum atomic E-state index is 4.58. The summed E-state index contributed by atoms with van der Waals surface area (Å²) in [4.78, 5) is 2.54. The van der Waals surface area contributed by atoms with Gasteiger partial charge in [-0.3, -0.25) is 4.68 Å². The number of rotatable bonds is 4. The Morgan fingerprint density at radius 1 is 1.24 bits per heavy atom. The maximum Gasteiger partial charge on any atom is 0.0628 e. The van der Waals surface area contributed by atoms with Crippen LogP contribution in [0.5, 0.6) is 0 Å². The Bertz CT molecular complexity index is 364. The van der Waals surface area contributed by atoms with Gasteiger partial charge in [-0.05, 0) is 32.8 Å². The van der Waals surface area contributed by atoms with Gasteiger partial charge < -0.3 is 10.2 Å². The summed E-state index contributed by atoms with van der Waals surface area (Å²) in [5.41, 5.74) is 4.00. The average molecular weight is 236 g/mol. The van der Waals surface area contributed by atoms with Crippen molar-refractivity contribution in [2.45, 2.75) is 33.7 Å². The highest BCUT2D eigenvalue weighted by atomic mass is 15.3. The van der Waals surface area contributed by atoms with Crippen LogP contribution in [0.4, 0.5) is 0 Å². The Labute approximate surface area is 104 Å². The second kappa shape index (κ2) is 5.65. The smallest absolute Gasteiger partial charge is 0.0628 e. The molecule has 0 atom stereocenters. The SMILES string of the molecule is CCn1nc(C)c(CCN2CCNCC2)c1C. The fraction of sp³-hybridized carbons (Fsp3) is 0.769. The van der Waals surface area contributed by atoms with Gasteiger partial charge in [0.1, 0.15) is 0 Å². The molecule has 1 fully saturated rings. The van der Waals surface area contributed by atoms with Gasteiger partial charge in [0.25, 0.3) is 0 Å². The van der Waals surface area contributed by atoms with Gasteiger partial charge in [-0.25, -0.2) is 0 Å². The maximum absolute atomic E-state index is 4.58. The molecule has 0 bridgehead atoms. The topological polar surface area (TPSA) is 33.1 Å². The number of nitrogens with zero attached hydrogens (tertiary/aromatic N) is 3. The van der Waals surface area contributed by atoms with E-state index in [1.54, 1.807) is 0 Å². The summed E-state index contributed by atoms with van der Waals surface area (Å²) in [6, 6.07) is 0. The molecule has 0 aromatic carbocycles. The van der Waals surface area contributed by atoms with Gasteiger partial charge in [0, 0.05) is 45.0 Å². The van der Waals surface area contributed by atoms with E-state index in [9.17, 15) is 0 Å². The molecule has 0 unspecified atom stereocenters. The molecule has 1 saturated heterocycles. The summed E-state index contributed by atoms with van der Waals surface area (Å²) >= 11 is 0. The van der Waals surface area contributed by atoms with Crippen LogP contribution >= 0.6 is 0 Å². The predicted molar refractivity (Wildman–Crippen MR) is 70.4 cm³/mol. The number of piperazine rings is 1. The van der Waals surface area contributed by atoms with Gasteiger partial charge in [-0.2, -0.15) is 5.10 Å². The Kier molecular flexibility index (Phi) is 4.18. The molecule has 2 rings (SSSR count). The summed E-state index contributed by atoms with van der Waals surface area (Å²) in [6.07, 6.45) is 1.14. The third-order valence-corrected chi connectivity index (χ3v) is 3.72. The van der Waals surface area contributed by atoms with Crippen LogP contribution in [0.25, 0.3) is 0 Å². The van der Waals surface area contributed by atoms with Gasteiger partial charge >= 0.3 is 0 Å². The molecule has 0 aliphatic carbocycles. The van der Waals surface area contributed by atoms with E-state index < -0.39 is 0 Å². The van der Waals surface area contributed by atoms with Gasteiger partial charge in [0.15, 0.2) is 0 Å². The molecule has 0 saturated carbocycles. The lowest BCUT2D eigenvalue weighted by molar-refractivity contribution is 0.243. The van der Waals surface area contributed by atoms with Crippen molar-refractivity contribution in [2.24, 2.45) is 0 Å². The zero-order chi connectivity index (χ0) is 12.3. The van der Waals surface area contributed by atoms with Crippen molar-refractivity contribution >= 4 is 0 Å². The van der Waals surface area contributed by atoms with E-state index >= 15 is 0 Å². The molecule has 4 nitrogen and oxygen atoms in total. The highest BCUT2D eigenvalue weighted by Gasteiger charge is 2.13. The lowest BCUT2D eigenvalue weighted by Crippen LogP contribution is -2.44. The first-order valence-electron chi connectivity index (χ1n) is 6.68. The Morgan fingerprint density at radius 2 is 1.94 bits per heavy atom. The van der Waals surface area contributed by atoms with Crippen molar-refractivity contribution in [1.29, 1.82) is 0 Å². The molecule has 0 spiro atoms. The number of hydrogen-bond donors (Lipinski definition) is 1. The van der Waals surface area contributed by atoms with Gasteiger partial charge in [0.2, 0.25) is 0 Å². The average Bonchev–Trinajstić information content (AvgIpc) is 2.63. The van der Waals surface area contributed by atoms with Gasteiger partial charge in [-0.1, -0.05) is 0 Å². The molecule has 0 radical (unpaired) electrons. The summed E-state index contributed by atoms with van der Waals surface area (Å²) in [7, 11) is 0. The Morgan fingerprint density at radius 3 is 2.53 bits per heavy atom. The van der Waals surface area contributed by atoms with Crippen LogP contribution in [0.1, 0.15) is 23.9 Å². The van der Waals surface area contributed by atoms with Crippen LogP contribution in [0.2, 0.25) is 0 Å². The van der Waals surface area contributed by atoms with E-state index in [4.69, 9.17) is 0 Å².